The zero-order valence-electron chi connectivity index (χ0n) is 26.5. The van der Waals surface area contributed by atoms with Gasteiger partial charge in [0.1, 0.15) is 11.3 Å². The maximum Gasteiger partial charge on any atom is 0.230 e. The van der Waals surface area contributed by atoms with Crippen molar-refractivity contribution in [2.45, 2.75) is 45.4 Å². The Hall–Kier alpha value is -4.53. The minimum absolute atomic E-state index is 0. The molecule has 0 aliphatic heterocycles. The number of aromatic nitrogens is 2. The third-order valence-electron chi connectivity index (χ3n) is 8.79. The van der Waals surface area contributed by atoms with E-state index in [0.717, 1.165) is 44.2 Å². The summed E-state index contributed by atoms with van der Waals surface area (Å²) in [5.74, 6) is 0.508. The topological polar surface area (TPSA) is 59.2 Å². The first-order valence-electron chi connectivity index (χ1n) is 15.3. The van der Waals surface area contributed by atoms with Crippen LogP contribution in [0.25, 0.3) is 55.7 Å². The van der Waals surface area contributed by atoms with Gasteiger partial charge in [0.15, 0.2) is 0 Å². The molecule has 46 heavy (non-hydrogen) atoms. The van der Waals surface area contributed by atoms with Gasteiger partial charge in [0, 0.05) is 38.2 Å². The van der Waals surface area contributed by atoms with E-state index in [0.29, 0.717) is 17.0 Å². The summed E-state index contributed by atoms with van der Waals surface area (Å²) in [6.07, 6.45) is 1.86. The molecule has 5 heteroatoms. The number of phenols is 1. The minimum atomic E-state index is -0.302. The summed E-state index contributed by atoms with van der Waals surface area (Å²) in [7, 11) is 0. The predicted molar refractivity (Wildman–Crippen MR) is 183 cm³/mol. The number of fused-ring (bicyclic) bond motifs is 2. The number of oxazole rings is 1. The molecule has 4 nitrogen and oxygen atoms in total. The molecule has 0 aliphatic rings. The van der Waals surface area contributed by atoms with Crippen LogP contribution in [-0.4, -0.2) is 15.1 Å². The maximum absolute atomic E-state index is 10.5. The van der Waals surface area contributed by atoms with E-state index < -0.39 is 0 Å². The molecule has 0 bridgehead atoms. The fourth-order valence-corrected chi connectivity index (χ4v) is 6.01. The number of aromatic hydroxyl groups is 1. The molecular formula is C41H35N2O2Pt-. The Labute approximate surface area is 284 Å². The molecule has 0 radical (unpaired) electrons. The van der Waals surface area contributed by atoms with E-state index in [1.807, 2.05) is 36.5 Å². The number of hydrogen-bond acceptors (Lipinski definition) is 4. The van der Waals surface area contributed by atoms with Crippen LogP contribution in [0.5, 0.6) is 5.75 Å². The summed E-state index contributed by atoms with van der Waals surface area (Å²) in [4.78, 5) is 9.77. The SMILES string of the molecule is CC(C)(C)c1cc(-c2[c-]c(-c3cccc4oc(-c5ccccc5O)nc34)cc(C(C)(C)c3ccccc3)c2)c2ncccc2c1.[Pt]. The molecular weight excluding hydrogens is 748 g/mol. The van der Waals surface area contributed by atoms with Crippen molar-refractivity contribution < 1.29 is 30.6 Å². The van der Waals surface area contributed by atoms with Gasteiger partial charge in [0.25, 0.3) is 0 Å². The third kappa shape index (κ3) is 5.67. The van der Waals surface area contributed by atoms with Crippen molar-refractivity contribution in [3.63, 3.8) is 0 Å². The number of benzene rings is 5. The van der Waals surface area contributed by atoms with Crippen molar-refractivity contribution in [1.82, 2.24) is 9.97 Å². The van der Waals surface area contributed by atoms with E-state index in [9.17, 15) is 5.11 Å². The van der Waals surface area contributed by atoms with Crippen LogP contribution in [0.15, 0.2) is 120 Å². The van der Waals surface area contributed by atoms with E-state index in [4.69, 9.17) is 14.4 Å². The van der Waals surface area contributed by atoms with Crippen LogP contribution in [0.4, 0.5) is 0 Å². The van der Waals surface area contributed by atoms with Gasteiger partial charge >= 0.3 is 0 Å². The van der Waals surface area contributed by atoms with Gasteiger partial charge in [-0.3, -0.25) is 4.98 Å². The van der Waals surface area contributed by atoms with E-state index in [2.05, 4.69) is 107 Å². The fourth-order valence-electron chi connectivity index (χ4n) is 6.01. The number of pyridine rings is 1. The van der Waals surface area contributed by atoms with E-state index in [-0.39, 0.29) is 37.6 Å². The largest absolute Gasteiger partial charge is 0.507 e. The van der Waals surface area contributed by atoms with Gasteiger partial charge < -0.3 is 9.52 Å². The van der Waals surface area contributed by atoms with Gasteiger partial charge in [-0.25, -0.2) is 4.98 Å². The summed E-state index contributed by atoms with van der Waals surface area (Å²) in [5, 5.41) is 11.6. The fraction of sp³-hybridized carbons (Fsp3) is 0.171. The molecule has 0 saturated heterocycles. The van der Waals surface area contributed by atoms with Crippen molar-refractivity contribution >= 4 is 22.0 Å². The zero-order chi connectivity index (χ0) is 31.3. The van der Waals surface area contributed by atoms with Gasteiger partial charge in [-0.1, -0.05) is 119 Å². The second-order valence-electron chi connectivity index (χ2n) is 13.2. The Balaban J connectivity index is 0.00000372. The number of rotatable bonds is 5. The normalized spacial score (nSPS) is 11.9. The molecule has 0 fully saturated rings. The smallest absolute Gasteiger partial charge is 0.230 e. The Morgan fingerprint density at radius 3 is 2.07 bits per heavy atom. The summed E-state index contributed by atoms with van der Waals surface area (Å²) in [6.45, 7) is 11.3. The van der Waals surface area contributed by atoms with Crippen LogP contribution in [0.2, 0.25) is 0 Å². The molecule has 2 aromatic heterocycles. The average Bonchev–Trinajstić information content (AvgIpc) is 3.48. The van der Waals surface area contributed by atoms with Gasteiger partial charge in [0.05, 0.1) is 11.1 Å². The number of phenolic OH excluding ortho intramolecular Hbond substituents is 1. The second-order valence-corrected chi connectivity index (χ2v) is 13.2. The number of hydrogen-bond donors (Lipinski definition) is 1. The molecule has 0 atom stereocenters. The summed E-state index contributed by atoms with van der Waals surface area (Å²) >= 11 is 0. The van der Waals surface area contributed by atoms with Crippen LogP contribution in [0.3, 0.4) is 0 Å². The van der Waals surface area contributed by atoms with E-state index in [1.165, 1.54) is 11.1 Å². The molecule has 0 amide bonds. The Morgan fingerprint density at radius 2 is 1.33 bits per heavy atom. The molecule has 5 aromatic carbocycles. The molecule has 0 saturated carbocycles. The molecule has 1 N–H and O–H groups in total. The minimum Gasteiger partial charge on any atom is -0.507 e. The Kier molecular flexibility index (Phi) is 8.21. The molecule has 232 valence electrons. The summed E-state index contributed by atoms with van der Waals surface area (Å²) < 4.78 is 6.19. The van der Waals surface area contributed by atoms with Crippen molar-refractivity contribution in [2.75, 3.05) is 0 Å². The molecule has 0 unspecified atom stereocenters. The molecule has 0 aliphatic carbocycles. The Bertz CT molecular complexity index is 2190. The van der Waals surface area contributed by atoms with Crippen LogP contribution in [0, 0.1) is 6.07 Å². The van der Waals surface area contributed by atoms with Crippen molar-refractivity contribution in [3.05, 3.63) is 138 Å². The Morgan fingerprint density at radius 1 is 0.630 bits per heavy atom. The zero-order valence-corrected chi connectivity index (χ0v) is 28.8. The van der Waals surface area contributed by atoms with E-state index in [1.54, 1.807) is 12.1 Å². The second kappa shape index (κ2) is 12.0. The van der Waals surface area contributed by atoms with Gasteiger partial charge in [-0.15, -0.1) is 34.9 Å². The van der Waals surface area contributed by atoms with Gasteiger partial charge in [0.2, 0.25) is 5.89 Å². The van der Waals surface area contributed by atoms with Gasteiger partial charge in [-0.2, -0.15) is 0 Å². The quantitative estimate of drug-likeness (QED) is 0.177. The average molecular weight is 783 g/mol. The monoisotopic (exact) mass is 782 g/mol. The molecule has 2 heterocycles. The first kappa shape index (κ1) is 31.5. The maximum atomic E-state index is 10.5. The summed E-state index contributed by atoms with van der Waals surface area (Å²) in [5.41, 5.74) is 10.00. The van der Waals surface area contributed by atoms with Crippen LogP contribution < -0.4 is 0 Å². The van der Waals surface area contributed by atoms with Crippen LogP contribution in [0.1, 0.15) is 51.3 Å². The first-order valence-corrected chi connectivity index (χ1v) is 15.3. The number of para-hydroxylation sites is 2. The first-order chi connectivity index (χ1) is 21.6. The number of nitrogens with zero attached hydrogens (tertiary/aromatic N) is 2. The van der Waals surface area contributed by atoms with Crippen LogP contribution >= 0.6 is 0 Å². The van der Waals surface area contributed by atoms with Gasteiger partial charge in [-0.05, 0) is 46.2 Å². The van der Waals surface area contributed by atoms with Crippen LogP contribution in [-0.2, 0) is 31.9 Å². The van der Waals surface area contributed by atoms with E-state index >= 15 is 0 Å². The molecule has 7 aromatic rings. The van der Waals surface area contributed by atoms with Crippen molar-refractivity contribution in [2.24, 2.45) is 0 Å². The predicted octanol–water partition coefficient (Wildman–Crippen LogP) is 10.5. The van der Waals surface area contributed by atoms with Crippen molar-refractivity contribution in [1.29, 1.82) is 0 Å². The molecule has 0 spiro atoms. The molecule has 7 rings (SSSR count). The summed E-state index contributed by atoms with van der Waals surface area (Å²) in [6, 6.07) is 40.6. The standard InChI is InChI=1S/C41H35N2O2.Pt/c1-40(2,3)30-22-26-13-12-20-42-37(26)34(25-30)28-21-27(23-31(24-28)41(4,5)29-14-7-6-8-15-29)32-17-11-19-36-38(32)43-39(45-36)33-16-9-10-18-35(33)44;/h6-20,22-25,44H,1-5H3;/q-1;. The van der Waals surface area contributed by atoms with Crippen molar-refractivity contribution in [3.8, 4) is 39.5 Å². The third-order valence-corrected chi connectivity index (χ3v) is 8.79.